The van der Waals surface area contributed by atoms with Crippen molar-refractivity contribution in [1.82, 2.24) is 15.7 Å². The van der Waals surface area contributed by atoms with Crippen LogP contribution in [-0.4, -0.2) is 75.9 Å². The lowest BCUT2D eigenvalue weighted by molar-refractivity contribution is -0.133. The smallest absolute Gasteiger partial charge is 0.268 e. The van der Waals surface area contributed by atoms with E-state index in [0.29, 0.717) is 17.8 Å². The summed E-state index contributed by atoms with van der Waals surface area (Å²) in [4.78, 5) is 38.1. The molecule has 0 spiro atoms. The van der Waals surface area contributed by atoms with Crippen molar-refractivity contribution >= 4 is 23.4 Å². The van der Waals surface area contributed by atoms with Crippen molar-refractivity contribution < 1.29 is 29.8 Å². The van der Waals surface area contributed by atoms with Gasteiger partial charge in [-0.1, -0.05) is 19.3 Å². The number of hydroxylamine groups is 1. The molecule has 1 heterocycles. The van der Waals surface area contributed by atoms with Crippen molar-refractivity contribution in [2.24, 2.45) is 0 Å². The molecule has 198 valence electrons. The van der Waals surface area contributed by atoms with Crippen molar-refractivity contribution in [3.63, 3.8) is 0 Å². The summed E-state index contributed by atoms with van der Waals surface area (Å²) in [5.74, 6) is 4.37. The van der Waals surface area contributed by atoms with Gasteiger partial charge >= 0.3 is 0 Å². The molecule has 10 heteroatoms. The van der Waals surface area contributed by atoms with Crippen LogP contribution in [0, 0.1) is 11.8 Å². The van der Waals surface area contributed by atoms with Crippen LogP contribution in [-0.2, 0) is 9.59 Å². The van der Waals surface area contributed by atoms with E-state index >= 15 is 0 Å². The van der Waals surface area contributed by atoms with Gasteiger partial charge in [-0.2, -0.15) is 0 Å². The molecule has 3 rings (SSSR count). The zero-order chi connectivity index (χ0) is 26.1. The summed E-state index contributed by atoms with van der Waals surface area (Å²) in [6.07, 6.45) is 0.0792. The fraction of sp³-hybridized carbons (Fsp3) is 0.370. The minimum absolute atomic E-state index is 0. The molecule has 0 saturated carbocycles. The first-order chi connectivity index (χ1) is 17.2. The summed E-state index contributed by atoms with van der Waals surface area (Å²) < 4.78 is 0. The van der Waals surface area contributed by atoms with E-state index < -0.39 is 24.0 Å². The molecule has 1 saturated heterocycles. The molecule has 6 N–H and O–H groups in total. The van der Waals surface area contributed by atoms with Crippen LogP contribution in [0.1, 0.15) is 48.7 Å². The monoisotopic (exact) mass is 510 g/mol. The summed E-state index contributed by atoms with van der Waals surface area (Å²) >= 11 is 0. The molecule has 1 aliphatic rings. The van der Waals surface area contributed by atoms with Crippen LogP contribution in [0.2, 0.25) is 0 Å². The Morgan fingerprint density at radius 3 is 2.19 bits per heavy atom. The number of piperidine rings is 1. The van der Waals surface area contributed by atoms with Crippen molar-refractivity contribution in [2.75, 3.05) is 25.0 Å². The minimum Gasteiger partial charge on any atom is -0.392 e. The molecular weight excluding hydrogens is 476 g/mol. The van der Waals surface area contributed by atoms with E-state index in [1.807, 2.05) is 4.90 Å². The Labute approximate surface area is 216 Å². The van der Waals surface area contributed by atoms with Gasteiger partial charge < -0.3 is 20.8 Å². The third-order valence-electron chi connectivity index (χ3n) is 5.68. The van der Waals surface area contributed by atoms with Crippen LogP contribution in [0.15, 0.2) is 48.5 Å². The molecule has 3 atom stereocenters. The Morgan fingerprint density at radius 1 is 1.05 bits per heavy atom. The average Bonchev–Trinajstić information content (AvgIpc) is 2.86. The van der Waals surface area contributed by atoms with Crippen molar-refractivity contribution in [3.8, 4) is 11.8 Å². The van der Waals surface area contributed by atoms with E-state index in [9.17, 15) is 24.6 Å². The van der Waals surface area contributed by atoms with Crippen LogP contribution in [0.3, 0.4) is 0 Å². The SMILES string of the molecule is C.C[C@@H](O)[C@H](NC(=O)c1ccc(C#Cc2ccc(NC(=O)CN3CCCC(O)C3)cc2)cc1)C(=O)NO. The number of hydrogen-bond acceptors (Lipinski definition) is 7. The first kappa shape index (κ1) is 29.5. The first-order valence-corrected chi connectivity index (χ1v) is 11.6. The molecule has 2 aromatic carbocycles. The molecule has 0 radical (unpaired) electrons. The van der Waals surface area contributed by atoms with Gasteiger partial charge in [-0.15, -0.1) is 0 Å². The van der Waals surface area contributed by atoms with E-state index in [-0.39, 0.29) is 31.5 Å². The van der Waals surface area contributed by atoms with Gasteiger partial charge in [0.1, 0.15) is 6.04 Å². The molecule has 10 nitrogen and oxygen atoms in total. The predicted octanol–water partition coefficient (Wildman–Crippen LogP) is 1.10. The van der Waals surface area contributed by atoms with Crippen LogP contribution in [0.5, 0.6) is 0 Å². The third kappa shape index (κ3) is 9.00. The van der Waals surface area contributed by atoms with Gasteiger partial charge in [-0.05, 0) is 74.8 Å². The fourth-order valence-electron chi connectivity index (χ4n) is 3.76. The highest BCUT2D eigenvalue weighted by Gasteiger charge is 2.25. The maximum Gasteiger partial charge on any atom is 0.268 e. The maximum atomic E-state index is 12.3. The molecule has 0 aromatic heterocycles. The molecule has 2 aromatic rings. The third-order valence-corrected chi connectivity index (χ3v) is 5.68. The van der Waals surface area contributed by atoms with Gasteiger partial charge in [-0.25, -0.2) is 5.48 Å². The molecule has 0 aliphatic carbocycles. The summed E-state index contributed by atoms with van der Waals surface area (Å²) in [5.41, 5.74) is 3.73. The summed E-state index contributed by atoms with van der Waals surface area (Å²) in [6, 6.07) is 12.2. The number of rotatable bonds is 7. The van der Waals surface area contributed by atoms with Crippen LogP contribution >= 0.6 is 0 Å². The second-order valence-corrected chi connectivity index (χ2v) is 8.65. The maximum absolute atomic E-state index is 12.3. The number of nitrogens with one attached hydrogen (secondary N) is 3. The Balaban J connectivity index is 0.00000481. The number of hydrogen-bond donors (Lipinski definition) is 6. The first-order valence-electron chi connectivity index (χ1n) is 11.6. The summed E-state index contributed by atoms with van der Waals surface area (Å²) in [6.45, 7) is 2.87. The molecular formula is C27H34N4O6. The highest BCUT2D eigenvalue weighted by molar-refractivity contribution is 5.97. The lowest BCUT2D eigenvalue weighted by Crippen LogP contribution is -2.51. The van der Waals surface area contributed by atoms with Crippen LogP contribution in [0.25, 0.3) is 0 Å². The van der Waals surface area contributed by atoms with Gasteiger partial charge in [-0.3, -0.25) is 24.5 Å². The van der Waals surface area contributed by atoms with Gasteiger partial charge in [0, 0.05) is 28.9 Å². The zero-order valence-electron chi connectivity index (χ0n) is 19.9. The summed E-state index contributed by atoms with van der Waals surface area (Å²) in [5, 5.41) is 33.3. The van der Waals surface area contributed by atoms with E-state index in [2.05, 4.69) is 22.5 Å². The zero-order valence-corrected chi connectivity index (χ0v) is 19.9. The quantitative estimate of drug-likeness (QED) is 0.185. The Hall–Kier alpha value is -3.75. The van der Waals surface area contributed by atoms with E-state index in [1.54, 1.807) is 36.4 Å². The van der Waals surface area contributed by atoms with Gasteiger partial charge in [0.2, 0.25) is 5.91 Å². The average molecular weight is 511 g/mol. The Bertz CT molecular complexity index is 1120. The largest absolute Gasteiger partial charge is 0.392 e. The number of carbonyl (C=O) groups is 3. The molecule has 0 bridgehead atoms. The molecule has 3 amide bonds. The molecule has 37 heavy (non-hydrogen) atoms. The lowest BCUT2D eigenvalue weighted by atomic mass is 10.1. The number of nitrogens with zero attached hydrogens (tertiary/aromatic N) is 1. The fourth-order valence-corrected chi connectivity index (χ4v) is 3.76. The number of aliphatic hydroxyl groups excluding tert-OH is 2. The normalized spacial score (nSPS) is 16.7. The van der Waals surface area contributed by atoms with E-state index in [0.717, 1.165) is 24.9 Å². The number of amides is 3. The van der Waals surface area contributed by atoms with E-state index in [4.69, 9.17) is 5.21 Å². The number of carbonyl (C=O) groups excluding carboxylic acids is 3. The molecule has 1 aliphatic heterocycles. The summed E-state index contributed by atoms with van der Waals surface area (Å²) in [7, 11) is 0. The second-order valence-electron chi connectivity index (χ2n) is 8.65. The lowest BCUT2D eigenvalue weighted by Gasteiger charge is -2.29. The number of β-amino-alcohol motifs (C(OH)–C–C–N with tert-alkyl or cyclic N) is 1. The van der Waals surface area contributed by atoms with Crippen molar-refractivity contribution in [1.29, 1.82) is 0 Å². The van der Waals surface area contributed by atoms with Crippen molar-refractivity contribution in [2.45, 2.75) is 45.4 Å². The predicted molar refractivity (Wildman–Crippen MR) is 139 cm³/mol. The van der Waals surface area contributed by atoms with Crippen LogP contribution < -0.4 is 16.1 Å². The number of benzene rings is 2. The number of aliphatic hydroxyl groups is 2. The number of anilines is 1. The van der Waals surface area contributed by atoms with Gasteiger partial charge in [0.15, 0.2) is 0 Å². The molecule has 1 unspecified atom stereocenters. The Kier molecular flexibility index (Phi) is 11.2. The van der Waals surface area contributed by atoms with Crippen LogP contribution in [0.4, 0.5) is 5.69 Å². The second kappa shape index (κ2) is 14.1. The van der Waals surface area contributed by atoms with Gasteiger partial charge in [0.25, 0.3) is 11.8 Å². The topological polar surface area (TPSA) is 151 Å². The highest BCUT2D eigenvalue weighted by atomic mass is 16.5. The Morgan fingerprint density at radius 2 is 1.65 bits per heavy atom. The molecule has 1 fully saturated rings. The minimum atomic E-state index is -1.30. The van der Waals surface area contributed by atoms with Crippen molar-refractivity contribution in [3.05, 3.63) is 65.2 Å². The number of likely N-dealkylation sites (tertiary alicyclic amines) is 1. The highest BCUT2D eigenvalue weighted by Crippen LogP contribution is 2.12. The van der Waals surface area contributed by atoms with E-state index in [1.165, 1.54) is 24.5 Å². The van der Waals surface area contributed by atoms with Gasteiger partial charge in [0.05, 0.1) is 18.8 Å². The standard InChI is InChI=1S/C26H30N4O6.CH4/c1-17(31)24(26(35)29-36)28-25(34)20-10-6-18(7-11-20)4-5-19-8-12-21(13-9-19)27-23(33)16-30-14-2-3-22(32)15-30;/h6-13,17,22,24,31-32,36H,2-3,14-16H2,1H3,(H,27,33)(H,28,34)(H,29,35);1H4/t17-,22?,24+;/m1./s1.